The molecule has 28 heavy (non-hydrogen) atoms. The van der Waals surface area contributed by atoms with Crippen LogP contribution in [0.25, 0.3) is 22.6 Å². The van der Waals surface area contributed by atoms with E-state index in [0.29, 0.717) is 5.95 Å². The third-order valence-electron chi connectivity index (χ3n) is 5.46. The summed E-state index contributed by atoms with van der Waals surface area (Å²) in [5, 5.41) is 13.3. The summed E-state index contributed by atoms with van der Waals surface area (Å²) in [6, 6.07) is 8.43. The first kappa shape index (κ1) is 18.6. The van der Waals surface area contributed by atoms with Gasteiger partial charge in [-0.15, -0.1) is 0 Å². The van der Waals surface area contributed by atoms with Gasteiger partial charge >= 0.3 is 0 Å². The molecule has 2 heterocycles. The normalized spacial score (nSPS) is 22.2. The predicted octanol–water partition coefficient (Wildman–Crippen LogP) is 4.05. The first-order valence-electron chi connectivity index (χ1n) is 9.53. The number of hydrogen-bond acceptors (Lipinski definition) is 5. The van der Waals surface area contributed by atoms with Crippen molar-refractivity contribution in [1.82, 2.24) is 19.5 Å². The van der Waals surface area contributed by atoms with Gasteiger partial charge in [0.25, 0.3) is 0 Å². The Labute approximate surface area is 163 Å². The summed E-state index contributed by atoms with van der Waals surface area (Å²) in [7, 11) is 1.78. The molecule has 1 aromatic carbocycles. The topological polar surface area (TPSA) is 75.9 Å². The lowest BCUT2D eigenvalue weighted by Crippen LogP contribution is -2.31. The molecule has 0 atom stereocenters. The highest BCUT2D eigenvalue weighted by Crippen LogP contribution is 2.39. The van der Waals surface area contributed by atoms with Gasteiger partial charge in [0.15, 0.2) is 0 Å². The minimum absolute atomic E-state index is 0.227. The summed E-state index contributed by atoms with van der Waals surface area (Å²) in [5.74, 6) is 0.251. The molecule has 1 aliphatic rings. The number of imidazole rings is 1. The molecule has 0 unspecified atom stereocenters. The molecule has 0 bridgehead atoms. The zero-order chi connectivity index (χ0) is 19.7. The van der Waals surface area contributed by atoms with Gasteiger partial charge in [-0.25, -0.2) is 19.3 Å². The Morgan fingerprint density at radius 3 is 2.54 bits per heavy atom. The van der Waals surface area contributed by atoms with Gasteiger partial charge in [0.2, 0.25) is 5.95 Å². The highest BCUT2D eigenvalue weighted by Gasteiger charge is 2.31. The molecule has 6 nitrogen and oxygen atoms in total. The predicted molar refractivity (Wildman–Crippen MR) is 106 cm³/mol. The average Bonchev–Trinajstić information content (AvgIpc) is 3.13. The smallest absolute Gasteiger partial charge is 0.222 e. The van der Waals surface area contributed by atoms with Crippen molar-refractivity contribution in [3.05, 3.63) is 48.7 Å². The SMILES string of the molecule is CNc1nccc(-c2c(-c3ccc(F)cc3)ncn2C2CCC(C)(O)CC2)n1. The quantitative estimate of drug-likeness (QED) is 0.713. The van der Waals surface area contributed by atoms with Gasteiger partial charge in [0, 0.05) is 24.8 Å². The standard InChI is InChI=1S/C21H24FN5O/c1-21(28)10-7-16(8-11-21)27-13-25-18(14-3-5-15(22)6-4-14)19(27)17-9-12-24-20(23-2)26-17/h3-6,9,12-13,16,28H,7-8,10-11H2,1-2H3,(H,23,24,26). The van der Waals surface area contributed by atoms with Crippen molar-refractivity contribution in [1.29, 1.82) is 0 Å². The Morgan fingerprint density at radius 1 is 1.14 bits per heavy atom. The van der Waals surface area contributed by atoms with E-state index >= 15 is 0 Å². The first-order chi connectivity index (χ1) is 13.5. The monoisotopic (exact) mass is 381 g/mol. The average molecular weight is 381 g/mol. The Kier molecular flexibility index (Phi) is 4.85. The maximum atomic E-state index is 13.4. The molecule has 2 N–H and O–H groups in total. The number of benzene rings is 1. The van der Waals surface area contributed by atoms with Crippen LogP contribution in [0, 0.1) is 5.82 Å². The van der Waals surface area contributed by atoms with Crippen molar-refractivity contribution >= 4 is 5.95 Å². The van der Waals surface area contributed by atoms with Crippen molar-refractivity contribution in [2.75, 3.05) is 12.4 Å². The summed E-state index contributed by atoms with van der Waals surface area (Å²) in [4.78, 5) is 13.5. The Morgan fingerprint density at radius 2 is 1.86 bits per heavy atom. The Bertz CT molecular complexity index is 957. The molecule has 0 amide bonds. The molecular formula is C21H24FN5O. The van der Waals surface area contributed by atoms with E-state index in [2.05, 4.69) is 24.8 Å². The van der Waals surface area contributed by atoms with Crippen LogP contribution < -0.4 is 5.32 Å². The fourth-order valence-corrected chi connectivity index (χ4v) is 3.82. The lowest BCUT2D eigenvalue weighted by Gasteiger charge is -2.34. The summed E-state index contributed by atoms with van der Waals surface area (Å²) >= 11 is 0. The molecule has 1 saturated carbocycles. The van der Waals surface area contributed by atoms with Crippen LogP contribution >= 0.6 is 0 Å². The Hall–Kier alpha value is -2.80. The molecule has 0 spiro atoms. The number of rotatable bonds is 4. The van der Waals surface area contributed by atoms with Crippen LogP contribution in [0.1, 0.15) is 38.6 Å². The molecule has 2 aromatic heterocycles. The molecule has 7 heteroatoms. The minimum Gasteiger partial charge on any atom is -0.390 e. The van der Waals surface area contributed by atoms with Gasteiger partial charge < -0.3 is 15.0 Å². The maximum Gasteiger partial charge on any atom is 0.222 e. The van der Waals surface area contributed by atoms with Crippen LogP contribution in [-0.2, 0) is 0 Å². The third-order valence-corrected chi connectivity index (χ3v) is 5.46. The fourth-order valence-electron chi connectivity index (χ4n) is 3.82. The zero-order valence-corrected chi connectivity index (χ0v) is 16.1. The summed E-state index contributed by atoms with van der Waals surface area (Å²) in [6.07, 6.45) is 6.76. The summed E-state index contributed by atoms with van der Waals surface area (Å²) in [5.41, 5.74) is 2.64. The number of aromatic nitrogens is 4. The molecule has 3 aromatic rings. The fraction of sp³-hybridized carbons (Fsp3) is 0.381. The number of nitrogens with zero attached hydrogens (tertiary/aromatic N) is 4. The Balaban J connectivity index is 1.81. The number of nitrogens with one attached hydrogen (secondary N) is 1. The number of anilines is 1. The number of hydrogen-bond donors (Lipinski definition) is 2. The van der Waals surface area contributed by atoms with Crippen molar-refractivity contribution < 1.29 is 9.50 Å². The summed E-state index contributed by atoms with van der Waals surface area (Å²) < 4.78 is 15.6. The largest absolute Gasteiger partial charge is 0.390 e. The third kappa shape index (κ3) is 3.62. The van der Waals surface area contributed by atoms with Crippen molar-refractivity contribution in [2.24, 2.45) is 0 Å². The molecule has 1 fully saturated rings. The van der Waals surface area contributed by atoms with Crippen LogP contribution in [0.2, 0.25) is 0 Å². The zero-order valence-electron chi connectivity index (χ0n) is 16.1. The molecule has 0 saturated heterocycles. The highest BCUT2D eigenvalue weighted by molar-refractivity contribution is 5.77. The van der Waals surface area contributed by atoms with Crippen molar-refractivity contribution in [2.45, 2.75) is 44.2 Å². The van der Waals surface area contributed by atoms with Gasteiger partial charge in [-0.3, -0.25) is 0 Å². The molecule has 146 valence electrons. The van der Waals surface area contributed by atoms with E-state index in [1.54, 1.807) is 25.4 Å². The van der Waals surface area contributed by atoms with Crippen LogP contribution in [0.5, 0.6) is 0 Å². The van der Waals surface area contributed by atoms with E-state index in [1.165, 1.54) is 12.1 Å². The van der Waals surface area contributed by atoms with Gasteiger partial charge in [-0.05, 0) is 62.9 Å². The maximum absolute atomic E-state index is 13.4. The van der Waals surface area contributed by atoms with Gasteiger partial charge in [-0.2, -0.15) is 0 Å². The molecule has 4 rings (SSSR count). The lowest BCUT2D eigenvalue weighted by molar-refractivity contribution is 0.0101. The molecular weight excluding hydrogens is 357 g/mol. The van der Waals surface area contributed by atoms with Gasteiger partial charge in [-0.1, -0.05) is 0 Å². The molecule has 0 radical (unpaired) electrons. The van der Waals surface area contributed by atoms with E-state index in [1.807, 2.05) is 19.3 Å². The second-order valence-electron chi connectivity index (χ2n) is 7.60. The van der Waals surface area contributed by atoms with Crippen molar-refractivity contribution in [3.8, 4) is 22.6 Å². The van der Waals surface area contributed by atoms with Crippen LogP contribution in [0.15, 0.2) is 42.9 Å². The molecule has 0 aliphatic heterocycles. The lowest BCUT2D eigenvalue weighted by atomic mass is 9.83. The number of halogens is 1. The minimum atomic E-state index is -0.606. The van der Waals surface area contributed by atoms with Crippen molar-refractivity contribution in [3.63, 3.8) is 0 Å². The van der Waals surface area contributed by atoms with Gasteiger partial charge in [0.05, 0.1) is 29.0 Å². The molecule has 1 aliphatic carbocycles. The van der Waals surface area contributed by atoms with Gasteiger partial charge in [0.1, 0.15) is 5.82 Å². The van der Waals surface area contributed by atoms with E-state index in [-0.39, 0.29) is 11.9 Å². The highest BCUT2D eigenvalue weighted by atomic mass is 19.1. The van der Waals surface area contributed by atoms with Crippen LogP contribution in [-0.4, -0.2) is 37.3 Å². The van der Waals surface area contributed by atoms with Crippen LogP contribution in [0.3, 0.4) is 0 Å². The second kappa shape index (κ2) is 7.31. The van der Waals surface area contributed by atoms with Crippen LogP contribution in [0.4, 0.5) is 10.3 Å². The van der Waals surface area contributed by atoms with E-state index < -0.39 is 5.60 Å². The number of aliphatic hydroxyl groups is 1. The summed E-state index contributed by atoms with van der Waals surface area (Å²) in [6.45, 7) is 1.89. The van der Waals surface area contributed by atoms with E-state index in [4.69, 9.17) is 0 Å². The van der Waals surface area contributed by atoms with E-state index in [0.717, 1.165) is 48.3 Å². The second-order valence-corrected chi connectivity index (χ2v) is 7.60. The van der Waals surface area contributed by atoms with E-state index in [9.17, 15) is 9.50 Å². The first-order valence-corrected chi connectivity index (χ1v) is 9.53.